The molecule has 0 heterocycles. The molecule has 0 unspecified atom stereocenters. The average molecular weight is 545 g/mol. The summed E-state index contributed by atoms with van der Waals surface area (Å²) in [6.45, 7) is 11.6. The van der Waals surface area contributed by atoms with E-state index in [1.54, 1.807) is 11.1 Å². The largest absolute Gasteiger partial charge is 0.0843 e. The molecule has 0 saturated carbocycles. The summed E-state index contributed by atoms with van der Waals surface area (Å²) < 4.78 is 0. The summed E-state index contributed by atoms with van der Waals surface area (Å²) in [7, 11) is 0. The van der Waals surface area contributed by atoms with Crippen LogP contribution in [0.1, 0.15) is 82.1 Å². The molecular weight excluding hydrogens is 504 g/mol. The van der Waals surface area contributed by atoms with Crippen LogP contribution in [-0.2, 0) is 5.41 Å². The Morgan fingerprint density at radius 2 is 1.43 bits per heavy atom. The summed E-state index contributed by atoms with van der Waals surface area (Å²) in [6, 6.07) is 33.0. The van der Waals surface area contributed by atoms with Gasteiger partial charge in [0, 0.05) is 10.4 Å². The minimum atomic E-state index is -0.0663. The molecule has 4 aromatic rings. The lowest BCUT2D eigenvalue weighted by atomic mass is 9.75. The molecule has 0 N–H and O–H groups in total. The quantitative estimate of drug-likeness (QED) is 0.196. The second-order valence-electron chi connectivity index (χ2n) is 11.6. The zero-order valence-electron chi connectivity index (χ0n) is 24.7. The maximum atomic E-state index is 6.30. The first-order valence-electron chi connectivity index (χ1n) is 14.8. The maximum absolute atomic E-state index is 6.30. The topological polar surface area (TPSA) is 0 Å². The Morgan fingerprint density at radius 3 is 2.05 bits per heavy atom. The number of hydrogen-bond acceptors (Lipinski definition) is 0. The van der Waals surface area contributed by atoms with Gasteiger partial charge in [0.15, 0.2) is 0 Å². The lowest BCUT2D eigenvalue weighted by Gasteiger charge is -2.28. The van der Waals surface area contributed by atoms with Crippen LogP contribution in [0.5, 0.6) is 0 Å². The van der Waals surface area contributed by atoms with Crippen LogP contribution in [0.25, 0.3) is 33.4 Å². The van der Waals surface area contributed by atoms with E-state index in [0.29, 0.717) is 0 Å². The highest BCUT2D eigenvalue weighted by atomic mass is 35.5. The third-order valence-corrected chi connectivity index (χ3v) is 8.88. The van der Waals surface area contributed by atoms with Gasteiger partial charge in [-0.15, -0.1) is 0 Å². The van der Waals surface area contributed by atoms with Crippen LogP contribution in [0.2, 0.25) is 5.02 Å². The van der Waals surface area contributed by atoms with E-state index in [4.69, 9.17) is 11.6 Å². The minimum absolute atomic E-state index is 0.0663. The van der Waals surface area contributed by atoms with E-state index in [0.717, 1.165) is 24.3 Å². The fraction of sp³-hybridized carbons (Fsp3) is 0.282. The standard InChI is InChI=1S/C39H41Cl/c1-6-8-19-34-36-26-31(29-15-11-9-12-16-29)25-35(30-17-13-10-14-18-30)38(36)39(4,5)37(34)23-20-28(7-2)33-22-21-32(40)24-27(33)3/h9-18,20-22,24-26H,6-8,19,23H2,1-5H3/b28-20+. The lowest BCUT2D eigenvalue weighted by Crippen LogP contribution is -2.18. The fourth-order valence-electron chi connectivity index (χ4n) is 6.56. The number of fused-ring (bicyclic) bond motifs is 1. The van der Waals surface area contributed by atoms with Gasteiger partial charge < -0.3 is 0 Å². The zero-order chi connectivity index (χ0) is 28.3. The molecule has 0 aromatic heterocycles. The van der Waals surface area contributed by atoms with Crippen LogP contribution in [0.15, 0.2) is 103 Å². The zero-order valence-corrected chi connectivity index (χ0v) is 25.4. The van der Waals surface area contributed by atoms with E-state index >= 15 is 0 Å². The van der Waals surface area contributed by atoms with E-state index in [1.165, 1.54) is 62.9 Å². The Morgan fingerprint density at radius 1 is 0.775 bits per heavy atom. The van der Waals surface area contributed by atoms with Gasteiger partial charge in [0.1, 0.15) is 0 Å². The van der Waals surface area contributed by atoms with Gasteiger partial charge in [0.25, 0.3) is 0 Å². The van der Waals surface area contributed by atoms with Crippen molar-refractivity contribution in [1.82, 2.24) is 0 Å². The highest BCUT2D eigenvalue weighted by Gasteiger charge is 2.39. The van der Waals surface area contributed by atoms with Gasteiger partial charge in [-0.3, -0.25) is 0 Å². The molecule has 1 heteroatoms. The minimum Gasteiger partial charge on any atom is -0.0843 e. The molecule has 1 aliphatic carbocycles. The van der Waals surface area contributed by atoms with E-state index in [2.05, 4.69) is 126 Å². The summed E-state index contributed by atoms with van der Waals surface area (Å²) in [4.78, 5) is 0. The molecule has 0 amide bonds. The molecule has 0 atom stereocenters. The van der Waals surface area contributed by atoms with Gasteiger partial charge >= 0.3 is 0 Å². The smallest absolute Gasteiger partial charge is 0.0409 e. The Hall–Kier alpha value is -3.35. The molecule has 40 heavy (non-hydrogen) atoms. The van der Waals surface area contributed by atoms with Gasteiger partial charge in [-0.1, -0.05) is 124 Å². The van der Waals surface area contributed by atoms with Crippen LogP contribution in [0.4, 0.5) is 0 Å². The lowest BCUT2D eigenvalue weighted by molar-refractivity contribution is 0.625. The molecule has 0 spiro atoms. The average Bonchev–Trinajstić information content (AvgIpc) is 3.18. The van der Waals surface area contributed by atoms with Crippen LogP contribution in [-0.4, -0.2) is 0 Å². The van der Waals surface area contributed by atoms with E-state index < -0.39 is 0 Å². The van der Waals surface area contributed by atoms with Crippen molar-refractivity contribution in [3.05, 3.63) is 130 Å². The summed E-state index contributed by atoms with van der Waals surface area (Å²) >= 11 is 6.30. The molecule has 0 bridgehead atoms. The fourth-order valence-corrected chi connectivity index (χ4v) is 6.79. The van der Waals surface area contributed by atoms with Crippen molar-refractivity contribution >= 4 is 22.7 Å². The van der Waals surface area contributed by atoms with Crippen LogP contribution >= 0.6 is 11.6 Å². The molecule has 0 nitrogen and oxygen atoms in total. The molecule has 0 saturated heterocycles. The second-order valence-corrected chi connectivity index (χ2v) is 12.0. The monoisotopic (exact) mass is 544 g/mol. The number of halogens is 1. The van der Waals surface area contributed by atoms with Crippen molar-refractivity contribution in [2.24, 2.45) is 0 Å². The van der Waals surface area contributed by atoms with Gasteiger partial charge in [0.2, 0.25) is 0 Å². The highest BCUT2D eigenvalue weighted by molar-refractivity contribution is 6.30. The van der Waals surface area contributed by atoms with Gasteiger partial charge in [-0.2, -0.15) is 0 Å². The number of benzene rings is 4. The maximum Gasteiger partial charge on any atom is 0.0409 e. The Labute approximate surface area is 246 Å². The van der Waals surface area contributed by atoms with E-state index in [1.807, 2.05) is 6.07 Å². The predicted octanol–water partition coefficient (Wildman–Crippen LogP) is 12.1. The normalized spacial score (nSPS) is 14.5. The van der Waals surface area contributed by atoms with E-state index in [-0.39, 0.29) is 5.41 Å². The Bertz CT molecular complexity index is 1550. The number of allylic oxidation sites excluding steroid dienone is 4. The van der Waals surface area contributed by atoms with E-state index in [9.17, 15) is 0 Å². The van der Waals surface area contributed by atoms with Crippen molar-refractivity contribution in [2.75, 3.05) is 0 Å². The number of hydrogen-bond donors (Lipinski definition) is 0. The van der Waals surface area contributed by atoms with Crippen LogP contribution in [0.3, 0.4) is 0 Å². The van der Waals surface area contributed by atoms with Gasteiger partial charge in [-0.25, -0.2) is 0 Å². The number of aryl methyl sites for hydroxylation is 1. The van der Waals surface area contributed by atoms with Crippen LogP contribution < -0.4 is 0 Å². The number of unbranched alkanes of at least 4 members (excludes halogenated alkanes) is 1. The molecule has 1 aliphatic rings. The number of rotatable bonds is 9. The summed E-state index contributed by atoms with van der Waals surface area (Å²) in [5, 5.41) is 0.802. The third kappa shape index (κ3) is 5.48. The van der Waals surface area contributed by atoms with Crippen molar-refractivity contribution < 1.29 is 0 Å². The van der Waals surface area contributed by atoms with Gasteiger partial charge in [-0.05, 0) is 113 Å². The Kier molecular flexibility index (Phi) is 8.48. The summed E-state index contributed by atoms with van der Waals surface area (Å²) in [5.41, 5.74) is 15.2. The predicted molar refractivity (Wildman–Crippen MR) is 176 cm³/mol. The molecule has 0 radical (unpaired) electrons. The van der Waals surface area contributed by atoms with Crippen molar-refractivity contribution in [3.8, 4) is 22.3 Å². The second kappa shape index (κ2) is 12.0. The first kappa shape index (κ1) is 28.2. The Balaban J connectivity index is 1.69. The molecule has 0 aliphatic heterocycles. The SMILES string of the molecule is CCCCC1=C(C/C=C(\CC)c2ccc(Cl)cc2C)C(C)(C)c2c1cc(-c1ccccc1)cc2-c1ccccc1. The third-order valence-electron chi connectivity index (χ3n) is 8.65. The first-order chi connectivity index (χ1) is 19.3. The molecule has 4 aromatic carbocycles. The van der Waals surface area contributed by atoms with Crippen LogP contribution in [0, 0.1) is 6.92 Å². The molecule has 5 rings (SSSR count). The molecular formula is C39H41Cl. The molecule has 204 valence electrons. The van der Waals surface area contributed by atoms with Crippen molar-refractivity contribution in [3.63, 3.8) is 0 Å². The molecule has 0 fully saturated rings. The summed E-state index contributed by atoms with van der Waals surface area (Å²) in [6.07, 6.45) is 7.96. The first-order valence-corrected chi connectivity index (χ1v) is 15.2. The van der Waals surface area contributed by atoms with Crippen molar-refractivity contribution in [1.29, 1.82) is 0 Å². The van der Waals surface area contributed by atoms with Crippen molar-refractivity contribution in [2.45, 2.75) is 72.1 Å². The highest BCUT2D eigenvalue weighted by Crippen LogP contribution is 2.54. The van der Waals surface area contributed by atoms with Gasteiger partial charge in [0.05, 0.1) is 0 Å². The summed E-state index contributed by atoms with van der Waals surface area (Å²) in [5.74, 6) is 0.